The number of ether oxygens (including phenoxy) is 1. The normalized spacial score (nSPS) is 21.2. The Morgan fingerprint density at radius 1 is 1.20 bits per heavy atom. The summed E-state index contributed by atoms with van der Waals surface area (Å²) in [6.45, 7) is 4.25. The van der Waals surface area contributed by atoms with Crippen molar-refractivity contribution in [1.29, 1.82) is 0 Å². The molecule has 0 spiro atoms. The van der Waals surface area contributed by atoms with Crippen LogP contribution < -0.4 is 0 Å². The number of nitrogens with zero attached hydrogens (tertiary/aromatic N) is 4. The summed E-state index contributed by atoms with van der Waals surface area (Å²) in [6, 6.07) is 0.487. The van der Waals surface area contributed by atoms with Crippen LogP contribution in [0.5, 0.6) is 0 Å². The fraction of sp³-hybridized carbons (Fsp3) is 0.692. The van der Waals surface area contributed by atoms with E-state index >= 15 is 0 Å². The Labute approximate surface area is 123 Å². The predicted molar refractivity (Wildman–Crippen MR) is 74.9 cm³/mol. The van der Waals surface area contributed by atoms with Crippen molar-refractivity contribution in [3.63, 3.8) is 0 Å². The van der Waals surface area contributed by atoms with Gasteiger partial charge in [0.25, 0.3) is 0 Å². The van der Waals surface area contributed by atoms with Crippen LogP contribution in [0.3, 0.4) is 0 Å². The number of amides is 2. The summed E-state index contributed by atoms with van der Waals surface area (Å²) in [4.78, 5) is 16.2. The van der Waals surface area contributed by atoms with Crippen molar-refractivity contribution in [2.45, 2.75) is 18.9 Å². The zero-order valence-corrected chi connectivity index (χ0v) is 12.1. The molecule has 0 radical (unpaired) electrons. The molecule has 1 aromatic heterocycles. The number of carbonyl (C=O) groups excluding carboxylic acids is 1. The number of hydrogen-bond acceptors (Lipinski definition) is 3. The number of morpholine rings is 1. The quantitative estimate of drug-likeness (QED) is 0.792. The van der Waals surface area contributed by atoms with Crippen molar-refractivity contribution >= 4 is 17.6 Å². The van der Waals surface area contributed by atoms with Gasteiger partial charge in [0, 0.05) is 32.4 Å². The van der Waals surface area contributed by atoms with Gasteiger partial charge in [0.15, 0.2) is 0 Å². The van der Waals surface area contributed by atoms with Gasteiger partial charge >= 0.3 is 6.03 Å². The second kappa shape index (κ2) is 6.01. The highest BCUT2D eigenvalue weighted by Crippen LogP contribution is 2.23. The number of halogens is 1. The first-order valence-corrected chi connectivity index (χ1v) is 7.43. The summed E-state index contributed by atoms with van der Waals surface area (Å²) < 4.78 is 7.19. The monoisotopic (exact) mass is 298 g/mol. The lowest BCUT2D eigenvalue weighted by Crippen LogP contribution is -2.50. The van der Waals surface area contributed by atoms with E-state index in [0.717, 1.165) is 25.9 Å². The van der Waals surface area contributed by atoms with Crippen LogP contribution in [0.2, 0.25) is 5.02 Å². The molecule has 0 N–H and O–H groups in total. The van der Waals surface area contributed by atoms with Gasteiger partial charge in [-0.25, -0.2) is 4.79 Å². The zero-order valence-electron chi connectivity index (χ0n) is 11.4. The first-order valence-electron chi connectivity index (χ1n) is 7.05. The topological polar surface area (TPSA) is 50.6 Å². The molecule has 0 atom stereocenters. The summed E-state index contributed by atoms with van der Waals surface area (Å²) >= 11 is 5.89. The summed E-state index contributed by atoms with van der Waals surface area (Å²) in [5, 5.41) is 4.92. The number of aromatic nitrogens is 2. The van der Waals surface area contributed by atoms with Crippen molar-refractivity contribution in [2.24, 2.45) is 0 Å². The molecule has 0 bridgehead atoms. The van der Waals surface area contributed by atoms with E-state index in [2.05, 4.69) is 5.10 Å². The minimum atomic E-state index is 0.144. The van der Waals surface area contributed by atoms with Crippen LogP contribution in [-0.2, 0) is 4.74 Å². The van der Waals surface area contributed by atoms with Gasteiger partial charge in [0.05, 0.1) is 30.5 Å². The molecule has 7 heteroatoms. The van der Waals surface area contributed by atoms with Crippen LogP contribution in [-0.4, -0.2) is 65.0 Å². The van der Waals surface area contributed by atoms with Gasteiger partial charge in [0.1, 0.15) is 0 Å². The zero-order chi connectivity index (χ0) is 13.9. The number of rotatable bonds is 1. The number of hydrogen-bond donors (Lipinski definition) is 0. The maximum absolute atomic E-state index is 12.4. The van der Waals surface area contributed by atoms with Crippen LogP contribution in [0.25, 0.3) is 0 Å². The third-order valence-electron chi connectivity index (χ3n) is 3.96. The molecule has 6 nitrogen and oxygen atoms in total. The van der Waals surface area contributed by atoms with Crippen LogP contribution >= 0.6 is 11.6 Å². The maximum Gasteiger partial charge on any atom is 0.320 e. The van der Waals surface area contributed by atoms with E-state index in [4.69, 9.17) is 16.3 Å². The lowest BCUT2D eigenvalue weighted by atomic mass is 10.1. The van der Waals surface area contributed by atoms with Gasteiger partial charge in [-0.2, -0.15) is 5.10 Å². The van der Waals surface area contributed by atoms with Gasteiger partial charge < -0.3 is 14.5 Å². The maximum atomic E-state index is 12.4. The molecule has 2 aliphatic rings. The lowest BCUT2D eigenvalue weighted by Gasteiger charge is -2.37. The lowest BCUT2D eigenvalue weighted by molar-refractivity contribution is 0.0401. The highest BCUT2D eigenvalue weighted by Gasteiger charge is 2.28. The summed E-state index contributed by atoms with van der Waals surface area (Å²) in [5.41, 5.74) is 0. The summed E-state index contributed by atoms with van der Waals surface area (Å²) in [5.74, 6) is 0. The molecule has 3 heterocycles. The molecule has 2 saturated heterocycles. The van der Waals surface area contributed by atoms with Crippen molar-refractivity contribution in [3.05, 3.63) is 17.4 Å². The standard InChI is InChI=1S/C13H19ClN4O2/c14-11-9-15-18(10-11)12-1-3-16(4-2-12)13(19)17-5-7-20-8-6-17/h9-10,12H,1-8H2. The Kier molecular flexibility index (Phi) is 4.12. The number of urea groups is 1. The number of likely N-dealkylation sites (tertiary alicyclic amines) is 1. The minimum Gasteiger partial charge on any atom is -0.378 e. The molecular weight excluding hydrogens is 280 g/mol. The molecule has 0 aromatic carbocycles. The molecule has 1 aromatic rings. The highest BCUT2D eigenvalue weighted by molar-refractivity contribution is 6.30. The molecule has 2 aliphatic heterocycles. The SMILES string of the molecule is O=C(N1CCOCC1)N1CCC(n2cc(Cl)cn2)CC1. The average Bonchev–Trinajstić information content (AvgIpc) is 2.94. The van der Waals surface area contributed by atoms with Gasteiger partial charge in [-0.05, 0) is 12.8 Å². The Morgan fingerprint density at radius 3 is 2.45 bits per heavy atom. The van der Waals surface area contributed by atoms with E-state index in [-0.39, 0.29) is 6.03 Å². The Hall–Kier alpha value is -1.27. The molecule has 2 fully saturated rings. The molecule has 0 saturated carbocycles. The van der Waals surface area contributed by atoms with Crippen molar-refractivity contribution in [3.8, 4) is 0 Å². The second-order valence-corrected chi connectivity index (χ2v) is 5.68. The largest absolute Gasteiger partial charge is 0.378 e. The summed E-state index contributed by atoms with van der Waals surface area (Å²) in [7, 11) is 0. The van der Waals surface area contributed by atoms with Gasteiger partial charge in [-0.15, -0.1) is 0 Å². The first-order chi connectivity index (χ1) is 9.74. The van der Waals surface area contributed by atoms with Crippen LogP contribution in [0.15, 0.2) is 12.4 Å². The summed E-state index contributed by atoms with van der Waals surface area (Å²) in [6.07, 6.45) is 5.36. The molecule has 3 rings (SSSR count). The van der Waals surface area contributed by atoms with Gasteiger partial charge in [-0.3, -0.25) is 4.68 Å². The van der Waals surface area contributed by atoms with E-state index in [1.165, 1.54) is 0 Å². The minimum absolute atomic E-state index is 0.144. The smallest absolute Gasteiger partial charge is 0.320 e. The fourth-order valence-corrected chi connectivity index (χ4v) is 2.93. The Morgan fingerprint density at radius 2 is 1.85 bits per heavy atom. The fourth-order valence-electron chi connectivity index (χ4n) is 2.79. The average molecular weight is 299 g/mol. The van der Waals surface area contributed by atoms with E-state index in [0.29, 0.717) is 37.4 Å². The van der Waals surface area contributed by atoms with E-state index in [1.54, 1.807) is 6.20 Å². The van der Waals surface area contributed by atoms with Gasteiger partial charge in [-0.1, -0.05) is 11.6 Å². The first kappa shape index (κ1) is 13.7. The van der Waals surface area contributed by atoms with Gasteiger partial charge in [0.2, 0.25) is 0 Å². The third kappa shape index (κ3) is 2.91. The van der Waals surface area contributed by atoms with Crippen molar-refractivity contribution < 1.29 is 9.53 Å². The highest BCUT2D eigenvalue weighted by atomic mass is 35.5. The van der Waals surface area contributed by atoms with E-state index in [9.17, 15) is 4.79 Å². The molecule has 0 unspecified atom stereocenters. The van der Waals surface area contributed by atoms with E-state index in [1.807, 2.05) is 20.7 Å². The van der Waals surface area contributed by atoms with Crippen LogP contribution in [0.4, 0.5) is 4.79 Å². The third-order valence-corrected chi connectivity index (χ3v) is 4.16. The number of piperidine rings is 1. The molecule has 0 aliphatic carbocycles. The van der Waals surface area contributed by atoms with Crippen LogP contribution in [0, 0.1) is 0 Å². The Bertz CT molecular complexity index is 465. The molecule has 2 amide bonds. The van der Waals surface area contributed by atoms with Crippen LogP contribution in [0.1, 0.15) is 18.9 Å². The molecule has 20 heavy (non-hydrogen) atoms. The van der Waals surface area contributed by atoms with E-state index < -0.39 is 0 Å². The molecular formula is C13H19ClN4O2. The van der Waals surface area contributed by atoms with Crippen molar-refractivity contribution in [2.75, 3.05) is 39.4 Å². The van der Waals surface area contributed by atoms with Crippen molar-refractivity contribution in [1.82, 2.24) is 19.6 Å². The number of carbonyl (C=O) groups is 1. The second-order valence-electron chi connectivity index (χ2n) is 5.24. The predicted octanol–water partition coefficient (Wildman–Crippen LogP) is 1.63. The Balaban J connectivity index is 1.54. The molecule has 110 valence electrons.